The fraction of sp³-hybridized carbons (Fsp3) is 0.500. The minimum absolute atomic E-state index is 0.0125. The molecule has 2 N–H and O–H groups in total. The normalized spacial score (nSPS) is 13.4. The highest BCUT2D eigenvalue weighted by atomic mass is 19.4. The van der Waals surface area contributed by atoms with Crippen LogP contribution in [0.2, 0.25) is 0 Å². The summed E-state index contributed by atoms with van der Waals surface area (Å²) < 4.78 is 40.3. The molecule has 2 aromatic rings. The van der Waals surface area contributed by atoms with Crippen LogP contribution in [0.15, 0.2) is 41.7 Å². The summed E-state index contributed by atoms with van der Waals surface area (Å²) in [5.74, 6) is 0.709. The highest BCUT2D eigenvalue weighted by molar-refractivity contribution is 5.79. The molecule has 0 aliphatic carbocycles. The zero-order valence-corrected chi connectivity index (χ0v) is 16.6. The van der Waals surface area contributed by atoms with Crippen LogP contribution in [0, 0.1) is 0 Å². The van der Waals surface area contributed by atoms with Crippen molar-refractivity contribution in [3.05, 3.63) is 53.3 Å². The van der Waals surface area contributed by atoms with E-state index in [-0.39, 0.29) is 5.92 Å². The topological polar surface area (TPSA) is 54.2 Å². The maximum absolute atomic E-state index is 12.9. The zero-order chi connectivity index (χ0) is 20.6. The van der Waals surface area contributed by atoms with Gasteiger partial charge in [0, 0.05) is 33.4 Å². The van der Waals surface area contributed by atoms with E-state index in [9.17, 15) is 13.2 Å². The third-order valence-corrected chi connectivity index (χ3v) is 4.57. The van der Waals surface area contributed by atoms with Crippen LogP contribution in [0.5, 0.6) is 0 Å². The van der Waals surface area contributed by atoms with Crippen LogP contribution in [0.3, 0.4) is 0 Å². The third kappa shape index (κ3) is 6.90. The number of nitrogens with zero attached hydrogens (tertiary/aromatic N) is 3. The smallest absolute Gasteiger partial charge is 0.356 e. The Hall–Kier alpha value is -2.51. The van der Waals surface area contributed by atoms with E-state index in [2.05, 4.69) is 20.7 Å². The van der Waals surface area contributed by atoms with Gasteiger partial charge in [0.1, 0.15) is 0 Å². The standard InChI is InChI=1S/C20H28F3N5/c1-15(17-7-4-8-18(12-17)20(21,22)23)9-11-26-19(24-2)25-10-5-6-16-13-27-28(3)14-16/h4,7-8,12-15H,5-6,9-11H2,1-3H3,(H2,24,25,26). The molecule has 0 saturated carbocycles. The molecule has 1 heterocycles. The molecule has 1 atom stereocenters. The average Bonchev–Trinajstić information content (AvgIpc) is 3.08. The van der Waals surface area contributed by atoms with Gasteiger partial charge in [-0.15, -0.1) is 0 Å². The first-order valence-electron chi connectivity index (χ1n) is 9.39. The third-order valence-electron chi connectivity index (χ3n) is 4.57. The van der Waals surface area contributed by atoms with Crippen LogP contribution in [0.1, 0.15) is 42.4 Å². The zero-order valence-electron chi connectivity index (χ0n) is 16.6. The van der Waals surface area contributed by atoms with Crippen molar-refractivity contribution in [1.29, 1.82) is 0 Å². The highest BCUT2D eigenvalue weighted by Gasteiger charge is 2.30. The molecule has 2 rings (SSSR count). The van der Waals surface area contributed by atoms with Crippen molar-refractivity contribution in [2.75, 3.05) is 20.1 Å². The Morgan fingerprint density at radius 1 is 1.25 bits per heavy atom. The first-order chi connectivity index (χ1) is 13.3. The maximum Gasteiger partial charge on any atom is 0.416 e. The summed E-state index contributed by atoms with van der Waals surface area (Å²) in [5, 5.41) is 10.6. The molecule has 8 heteroatoms. The Labute approximate surface area is 164 Å². The average molecular weight is 395 g/mol. The quantitative estimate of drug-likeness (QED) is 0.407. The van der Waals surface area contributed by atoms with Crippen molar-refractivity contribution in [3.8, 4) is 0 Å². The Bertz CT molecular complexity index is 767. The van der Waals surface area contributed by atoms with Crippen LogP contribution in [-0.4, -0.2) is 35.9 Å². The summed E-state index contributed by atoms with van der Waals surface area (Å²) in [6.45, 7) is 3.33. The van der Waals surface area contributed by atoms with E-state index < -0.39 is 11.7 Å². The van der Waals surface area contributed by atoms with E-state index >= 15 is 0 Å². The van der Waals surface area contributed by atoms with Gasteiger partial charge < -0.3 is 10.6 Å². The van der Waals surface area contributed by atoms with Gasteiger partial charge in [0.15, 0.2) is 5.96 Å². The first kappa shape index (κ1) is 21.8. The summed E-state index contributed by atoms with van der Waals surface area (Å²) in [7, 11) is 3.60. The molecule has 0 radical (unpaired) electrons. The van der Waals surface area contributed by atoms with Crippen LogP contribution < -0.4 is 10.6 Å². The largest absolute Gasteiger partial charge is 0.416 e. The van der Waals surface area contributed by atoms with Gasteiger partial charge in [-0.1, -0.05) is 25.1 Å². The predicted octanol–water partition coefficient (Wildman–Crippen LogP) is 3.73. The van der Waals surface area contributed by atoms with Gasteiger partial charge in [-0.05, 0) is 42.4 Å². The lowest BCUT2D eigenvalue weighted by atomic mass is 9.96. The number of aryl methyl sites for hydroxylation is 2. The number of aliphatic imine (C=N–C) groups is 1. The second-order valence-electron chi connectivity index (χ2n) is 6.86. The lowest BCUT2D eigenvalue weighted by Gasteiger charge is -2.16. The second-order valence-corrected chi connectivity index (χ2v) is 6.86. The molecule has 0 bridgehead atoms. The molecule has 0 saturated heterocycles. The van der Waals surface area contributed by atoms with E-state index in [1.807, 2.05) is 26.4 Å². The molecule has 0 spiro atoms. The minimum atomic E-state index is -4.31. The number of nitrogens with one attached hydrogen (secondary N) is 2. The minimum Gasteiger partial charge on any atom is -0.356 e. The molecule has 0 aliphatic heterocycles. The van der Waals surface area contributed by atoms with Crippen LogP contribution in [0.4, 0.5) is 13.2 Å². The van der Waals surface area contributed by atoms with Crippen molar-refractivity contribution in [3.63, 3.8) is 0 Å². The van der Waals surface area contributed by atoms with E-state index in [0.717, 1.165) is 25.5 Å². The lowest BCUT2D eigenvalue weighted by molar-refractivity contribution is -0.137. The van der Waals surface area contributed by atoms with Gasteiger partial charge in [-0.25, -0.2) is 0 Å². The Balaban J connectivity index is 1.71. The summed E-state index contributed by atoms with van der Waals surface area (Å²) in [6.07, 6.45) is 2.15. The molecule has 28 heavy (non-hydrogen) atoms. The number of benzene rings is 1. The SMILES string of the molecule is CN=C(NCCCc1cnn(C)c1)NCCC(C)c1cccc(C(F)(F)F)c1. The molecule has 0 amide bonds. The van der Waals surface area contributed by atoms with E-state index in [4.69, 9.17) is 0 Å². The van der Waals surface area contributed by atoms with Gasteiger partial charge in [0.25, 0.3) is 0 Å². The molecular formula is C20H28F3N5. The number of guanidine groups is 1. The van der Waals surface area contributed by atoms with Crippen molar-refractivity contribution in [1.82, 2.24) is 20.4 Å². The van der Waals surface area contributed by atoms with Crippen LogP contribution >= 0.6 is 0 Å². The van der Waals surface area contributed by atoms with Crippen molar-refractivity contribution >= 4 is 5.96 Å². The molecular weight excluding hydrogens is 367 g/mol. The van der Waals surface area contributed by atoms with E-state index in [0.29, 0.717) is 24.5 Å². The predicted molar refractivity (Wildman–Crippen MR) is 105 cm³/mol. The monoisotopic (exact) mass is 395 g/mol. The van der Waals surface area contributed by atoms with Gasteiger partial charge >= 0.3 is 6.18 Å². The molecule has 5 nitrogen and oxygen atoms in total. The van der Waals surface area contributed by atoms with Gasteiger partial charge in [-0.2, -0.15) is 18.3 Å². The number of rotatable bonds is 8. The van der Waals surface area contributed by atoms with Crippen molar-refractivity contribution < 1.29 is 13.2 Å². The maximum atomic E-state index is 12.9. The fourth-order valence-corrected chi connectivity index (χ4v) is 2.92. The van der Waals surface area contributed by atoms with Gasteiger partial charge in [0.2, 0.25) is 0 Å². The fourth-order valence-electron chi connectivity index (χ4n) is 2.92. The Morgan fingerprint density at radius 3 is 2.64 bits per heavy atom. The molecule has 1 aromatic carbocycles. The van der Waals surface area contributed by atoms with Crippen LogP contribution in [0.25, 0.3) is 0 Å². The highest BCUT2D eigenvalue weighted by Crippen LogP contribution is 2.31. The summed E-state index contributed by atoms with van der Waals surface area (Å²) in [5.41, 5.74) is 1.29. The van der Waals surface area contributed by atoms with E-state index in [1.165, 1.54) is 17.7 Å². The molecule has 1 aromatic heterocycles. The molecule has 154 valence electrons. The Morgan fingerprint density at radius 2 is 2.00 bits per heavy atom. The van der Waals surface area contributed by atoms with Crippen molar-refractivity contribution in [2.24, 2.45) is 12.0 Å². The number of halogens is 3. The number of aromatic nitrogens is 2. The molecule has 1 unspecified atom stereocenters. The second kappa shape index (κ2) is 10.1. The Kier molecular flexibility index (Phi) is 7.90. The van der Waals surface area contributed by atoms with Crippen LogP contribution in [-0.2, 0) is 19.6 Å². The summed E-state index contributed by atoms with van der Waals surface area (Å²) >= 11 is 0. The van der Waals surface area contributed by atoms with Gasteiger partial charge in [0.05, 0.1) is 11.8 Å². The van der Waals surface area contributed by atoms with Gasteiger partial charge in [-0.3, -0.25) is 9.67 Å². The summed E-state index contributed by atoms with van der Waals surface area (Å²) in [4.78, 5) is 4.18. The van der Waals surface area contributed by atoms with E-state index in [1.54, 1.807) is 17.8 Å². The lowest BCUT2D eigenvalue weighted by Crippen LogP contribution is -2.38. The number of hydrogen-bond donors (Lipinski definition) is 2. The number of hydrogen-bond acceptors (Lipinski definition) is 2. The summed E-state index contributed by atoms with van der Waals surface area (Å²) in [6, 6.07) is 5.54. The first-order valence-corrected chi connectivity index (χ1v) is 9.39. The van der Waals surface area contributed by atoms with Crippen molar-refractivity contribution in [2.45, 2.75) is 38.3 Å². The molecule has 0 fully saturated rings. The molecule has 0 aliphatic rings. The number of alkyl halides is 3.